The Bertz CT molecular complexity index is 777. The molecule has 22 heavy (non-hydrogen) atoms. The van der Waals surface area contributed by atoms with E-state index in [1.54, 1.807) is 10.7 Å². The van der Waals surface area contributed by atoms with Gasteiger partial charge in [-0.1, -0.05) is 10.3 Å². The minimum atomic E-state index is 0.469. The van der Waals surface area contributed by atoms with E-state index in [2.05, 4.69) is 47.1 Å². The van der Waals surface area contributed by atoms with Crippen LogP contribution in [0.4, 0.5) is 5.82 Å². The molecule has 0 unspecified atom stereocenters. The normalized spacial score (nSPS) is 15.7. The van der Waals surface area contributed by atoms with E-state index >= 15 is 0 Å². The summed E-state index contributed by atoms with van der Waals surface area (Å²) < 4.78 is 6.39. The van der Waals surface area contributed by atoms with E-state index in [9.17, 15) is 0 Å². The molecule has 0 aliphatic carbocycles. The molecule has 0 spiro atoms. The van der Waals surface area contributed by atoms with Gasteiger partial charge in [-0.25, -0.2) is 4.63 Å². The molecule has 4 rings (SSSR count). The number of likely N-dealkylation sites (N-methyl/N-ethyl adjacent to an activating group) is 1. The molecular formula is C13H16N8O. The topological polar surface area (TPSA) is 88.5 Å². The van der Waals surface area contributed by atoms with Crippen molar-refractivity contribution in [1.29, 1.82) is 0 Å². The van der Waals surface area contributed by atoms with Crippen molar-refractivity contribution in [3.05, 3.63) is 29.8 Å². The minimum Gasteiger partial charge on any atom is -0.352 e. The van der Waals surface area contributed by atoms with Crippen LogP contribution in [0.15, 0.2) is 23.0 Å². The lowest BCUT2D eigenvalue weighted by atomic mass is 10.1. The average Bonchev–Trinajstić information content (AvgIpc) is 3.08. The molecule has 1 fully saturated rings. The van der Waals surface area contributed by atoms with Crippen LogP contribution in [-0.2, 0) is 6.54 Å². The molecule has 0 radical (unpaired) electrons. The Morgan fingerprint density at radius 1 is 1.32 bits per heavy atom. The van der Waals surface area contributed by atoms with Crippen LogP contribution in [0, 0.1) is 6.92 Å². The number of aromatic nitrogens is 6. The first-order valence-electron chi connectivity index (χ1n) is 7.11. The van der Waals surface area contributed by atoms with Crippen molar-refractivity contribution in [3.8, 4) is 0 Å². The number of nitrogens with zero attached hydrogens (tertiary/aromatic N) is 8. The molecule has 0 amide bonds. The fourth-order valence-electron chi connectivity index (χ4n) is 2.61. The van der Waals surface area contributed by atoms with Crippen LogP contribution in [0.1, 0.15) is 11.5 Å². The third kappa shape index (κ3) is 2.19. The quantitative estimate of drug-likeness (QED) is 0.672. The molecule has 3 aromatic heterocycles. The van der Waals surface area contributed by atoms with E-state index < -0.39 is 0 Å². The van der Waals surface area contributed by atoms with Crippen LogP contribution in [0.5, 0.6) is 0 Å². The second-order valence-corrected chi connectivity index (χ2v) is 5.58. The lowest BCUT2D eigenvalue weighted by Crippen LogP contribution is -2.58. The largest absolute Gasteiger partial charge is 0.352 e. The Morgan fingerprint density at radius 3 is 2.95 bits per heavy atom. The maximum Gasteiger partial charge on any atom is 0.178 e. The SMILES string of the molecule is Cc1nnc2ccc(N3CC(N(C)Cc4cnon4)C3)nn12. The molecule has 114 valence electrons. The molecule has 0 aromatic carbocycles. The zero-order chi connectivity index (χ0) is 15.1. The number of aryl methyl sites for hydroxylation is 1. The highest BCUT2D eigenvalue weighted by Crippen LogP contribution is 2.22. The first-order valence-corrected chi connectivity index (χ1v) is 7.11. The van der Waals surface area contributed by atoms with Crippen LogP contribution >= 0.6 is 0 Å². The van der Waals surface area contributed by atoms with Gasteiger partial charge >= 0.3 is 0 Å². The maximum absolute atomic E-state index is 4.62. The zero-order valence-corrected chi connectivity index (χ0v) is 12.4. The van der Waals surface area contributed by atoms with E-state index in [1.165, 1.54) is 0 Å². The average molecular weight is 300 g/mol. The Kier molecular flexibility index (Phi) is 3.00. The Morgan fingerprint density at radius 2 is 2.18 bits per heavy atom. The molecule has 4 heterocycles. The predicted octanol–water partition coefficient (Wildman–Crippen LogP) is 0.136. The van der Waals surface area contributed by atoms with E-state index in [1.807, 2.05) is 19.1 Å². The number of hydrogen-bond donors (Lipinski definition) is 0. The summed E-state index contributed by atoms with van der Waals surface area (Å²) in [5, 5.41) is 20.1. The molecule has 0 N–H and O–H groups in total. The van der Waals surface area contributed by atoms with Crippen molar-refractivity contribution in [2.24, 2.45) is 0 Å². The monoisotopic (exact) mass is 300 g/mol. The van der Waals surface area contributed by atoms with Crippen molar-refractivity contribution in [2.45, 2.75) is 19.5 Å². The fourth-order valence-corrected chi connectivity index (χ4v) is 2.61. The van der Waals surface area contributed by atoms with Gasteiger partial charge in [0.05, 0.1) is 6.20 Å². The van der Waals surface area contributed by atoms with E-state index in [0.29, 0.717) is 6.04 Å². The summed E-state index contributed by atoms with van der Waals surface area (Å²) >= 11 is 0. The van der Waals surface area contributed by atoms with Gasteiger partial charge in [-0.05, 0) is 26.1 Å². The summed E-state index contributed by atoms with van der Waals surface area (Å²) in [6.45, 7) is 4.50. The number of fused-ring (bicyclic) bond motifs is 1. The van der Waals surface area contributed by atoms with Gasteiger partial charge in [0.1, 0.15) is 11.5 Å². The lowest BCUT2D eigenvalue weighted by molar-refractivity contribution is 0.190. The Hall–Kier alpha value is -2.55. The molecule has 1 saturated heterocycles. The van der Waals surface area contributed by atoms with Crippen LogP contribution in [0.3, 0.4) is 0 Å². The summed E-state index contributed by atoms with van der Waals surface area (Å²) in [6, 6.07) is 4.40. The van der Waals surface area contributed by atoms with Crippen molar-refractivity contribution in [1.82, 2.24) is 35.0 Å². The van der Waals surface area contributed by atoms with Gasteiger partial charge in [-0.3, -0.25) is 4.90 Å². The smallest absolute Gasteiger partial charge is 0.178 e. The number of rotatable bonds is 4. The lowest BCUT2D eigenvalue weighted by Gasteiger charge is -2.44. The van der Waals surface area contributed by atoms with Crippen LogP contribution in [0.2, 0.25) is 0 Å². The van der Waals surface area contributed by atoms with Gasteiger partial charge in [-0.15, -0.1) is 15.3 Å². The first kappa shape index (κ1) is 13.1. The minimum absolute atomic E-state index is 0.469. The van der Waals surface area contributed by atoms with Gasteiger partial charge in [0.25, 0.3) is 0 Å². The molecule has 3 aromatic rings. The predicted molar refractivity (Wildman–Crippen MR) is 77.3 cm³/mol. The summed E-state index contributed by atoms with van der Waals surface area (Å²) in [7, 11) is 2.08. The number of hydrogen-bond acceptors (Lipinski definition) is 8. The molecule has 9 nitrogen and oxygen atoms in total. The fraction of sp³-hybridized carbons (Fsp3) is 0.462. The van der Waals surface area contributed by atoms with E-state index in [0.717, 1.165) is 42.6 Å². The van der Waals surface area contributed by atoms with E-state index in [-0.39, 0.29) is 0 Å². The molecule has 1 aliphatic heterocycles. The summed E-state index contributed by atoms with van der Waals surface area (Å²) in [4.78, 5) is 4.49. The van der Waals surface area contributed by atoms with Gasteiger partial charge in [0.15, 0.2) is 11.5 Å². The third-order valence-corrected chi connectivity index (χ3v) is 4.03. The highest BCUT2D eigenvalue weighted by atomic mass is 16.6. The molecule has 0 bridgehead atoms. The maximum atomic E-state index is 4.62. The van der Waals surface area contributed by atoms with Crippen molar-refractivity contribution in [2.75, 3.05) is 25.0 Å². The van der Waals surface area contributed by atoms with Crippen molar-refractivity contribution >= 4 is 11.5 Å². The number of anilines is 1. The second kappa shape index (κ2) is 5.02. The van der Waals surface area contributed by atoms with Crippen molar-refractivity contribution < 1.29 is 4.63 Å². The van der Waals surface area contributed by atoms with Gasteiger partial charge in [0.2, 0.25) is 0 Å². The second-order valence-electron chi connectivity index (χ2n) is 5.58. The summed E-state index contributed by atoms with van der Waals surface area (Å²) in [5.74, 6) is 1.74. The highest BCUT2D eigenvalue weighted by Gasteiger charge is 2.31. The highest BCUT2D eigenvalue weighted by molar-refractivity contribution is 5.47. The van der Waals surface area contributed by atoms with E-state index in [4.69, 9.17) is 0 Å². The molecular weight excluding hydrogens is 284 g/mol. The van der Waals surface area contributed by atoms with Gasteiger partial charge < -0.3 is 4.90 Å². The zero-order valence-electron chi connectivity index (χ0n) is 12.4. The molecule has 9 heteroatoms. The molecule has 0 atom stereocenters. The molecule has 0 saturated carbocycles. The Labute approximate surface area is 126 Å². The van der Waals surface area contributed by atoms with Crippen LogP contribution in [0.25, 0.3) is 5.65 Å². The van der Waals surface area contributed by atoms with Crippen LogP contribution < -0.4 is 4.90 Å². The van der Waals surface area contributed by atoms with Crippen molar-refractivity contribution in [3.63, 3.8) is 0 Å². The van der Waals surface area contributed by atoms with Gasteiger partial charge in [0, 0.05) is 25.7 Å². The molecule has 1 aliphatic rings. The van der Waals surface area contributed by atoms with Crippen LogP contribution in [-0.4, -0.2) is 61.2 Å². The third-order valence-electron chi connectivity index (χ3n) is 4.03. The standard InChI is InChI=1S/C13H16N8O/c1-9-15-16-12-3-4-13(17-21(9)12)20-7-11(8-20)19(2)6-10-5-14-22-18-10/h3-5,11H,6-8H2,1-2H3. The Balaban J connectivity index is 1.42. The summed E-state index contributed by atoms with van der Waals surface area (Å²) in [6.07, 6.45) is 1.65. The summed E-state index contributed by atoms with van der Waals surface area (Å²) in [5.41, 5.74) is 1.62. The van der Waals surface area contributed by atoms with Gasteiger partial charge in [-0.2, -0.15) is 4.52 Å². The first-order chi connectivity index (χ1) is 10.7.